The van der Waals surface area contributed by atoms with Crippen molar-refractivity contribution in [2.24, 2.45) is 0 Å². The number of aromatic nitrogens is 2. The van der Waals surface area contributed by atoms with Crippen LogP contribution in [0.1, 0.15) is 15.9 Å². The first-order valence-electron chi connectivity index (χ1n) is 10.6. The van der Waals surface area contributed by atoms with Gasteiger partial charge in [-0.3, -0.25) is 9.59 Å². The maximum atomic E-state index is 12.6. The van der Waals surface area contributed by atoms with Crippen molar-refractivity contribution in [3.05, 3.63) is 72.1 Å². The van der Waals surface area contributed by atoms with Crippen molar-refractivity contribution in [1.82, 2.24) is 9.97 Å². The summed E-state index contributed by atoms with van der Waals surface area (Å²) in [5.74, 6) is 2.11. The quantitative estimate of drug-likeness (QED) is 0.355. The van der Waals surface area contributed by atoms with Gasteiger partial charge in [0.2, 0.25) is 11.8 Å². The minimum atomic E-state index is -0.247. The summed E-state index contributed by atoms with van der Waals surface area (Å²) in [6, 6.07) is 15.4. The number of amides is 1. The number of hydrogen-bond acceptors (Lipinski definition) is 8. The van der Waals surface area contributed by atoms with E-state index in [1.54, 1.807) is 68.8 Å². The maximum Gasteiger partial charge on any atom is 0.230 e. The SMILES string of the molecule is COc1cc(Oc2ncnc3cc(OC)c(OC)cc23)ccc1CC(=O)Nc1cccc(C=O)c1. The third-order valence-electron chi connectivity index (χ3n) is 5.23. The number of benzene rings is 3. The highest BCUT2D eigenvalue weighted by Gasteiger charge is 2.15. The minimum absolute atomic E-state index is 0.0716. The second-order valence-electron chi connectivity index (χ2n) is 7.45. The van der Waals surface area contributed by atoms with Crippen LogP contribution >= 0.6 is 0 Å². The van der Waals surface area contributed by atoms with Crippen LogP contribution in [0.4, 0.5) is 5.69 Å². The summed E-state index contributed by atoms with van der Waals surface area (Å²) in [6.07, 6.45) is 2.20. The molecule has 1 heterocycles. The van der Waals surface area contributed by atoms with E-state index in [0.29, 0.717) is 56.6 Å². The fraction of sp³-hybridized carbons (Fsp3) is 0.154. The monoisotopic (exact) mass is 473 g/mol. The van der Waals surface area contributed by atoms with Gasteiger partial charge in [-0.1, -0.05) is 18.2 Å². The van der Waals surface area contributed by atoms with Crippen LogP contribution in [0.3, 0.4) is 0 Å². The van der Waals surface area contributed by atoms with Crippen LogP contribution in [0.15, 0.2) is 60.9 Å². The third kappa shape index (κ3) is 5.30. The number of hydrogen-bond donors (Lipinski definition) is 1. The van der Waals surface area contributed by atoms with Crippen molar-refractivity contribution in [2.75, 3.05) is 26.6 Å². The van der Waals surface area contributed by atoms with Gasteiger partial charge in [-0.2, -0.15) is 0 Å². The predicted octanol–water partition coefficient (Wildman–Crippen LogP) is 4.44. The normalized spacial score (nSPS) is 10.5. The Morgan fingerprint density at radius 3 is 2.43 bits per heavy atom. The molecule has 0 fully saturated rings. The molecule has 0 unspecified atom stereocenters. The van der Waals surface area contributed by atoms with E-state index in [1.165, 1.54) is 13.4 Å². The zero-order valence-electron chi connectivity index (χ0n) is 19.4. The smallest absolute Gasteiger partial charge is 0.230 e. The van der Waals surface area contributed by atoms with E-state index in [-0.39, 0.29) is 12.3 Å². The van der Waals surface area contributed by atoms with Crippen LogP contribution in [0.2, 0.25) is 0 Å². The molecule has 0 saturated carbocycles. The van der Waals surface area contributed by atoms with E-state index in [0.717, 1.165) is 6.29 Å². The second-order valence-corrected chi connectivity index (χ2v) is 7.45. The summed E-state index contributed by atoms with van der Waals surface area (Å²) >= 11 is 0. The largest absolute Gasteiger partial charge is 0.496 e. The van der Waals surface area contributed by atoms with Gasteiger partial charge in [0.1, 0.15) is 24.1 Å². The summed E-state index contributed by atoms with van der Waals surface area (Å²) in [5.41, 5.74) is 2.32. The fourth-order valence-corrected chi connectivity index (χ4v) is 3.55. The van der Waals surface area contributed by atoms with E-state index in [4.69, 9.17) is 18.9 Å². The van der Waals surface area contributed by atoms with Gasteiger partial charge < -0.3 is 24.3 Å². The number of aldehydes is 1. The molecule has 1 amide bonds. The van der Waals surface area contributed by atoms with Crippen molar-refractivity contribution in [3.8, 4) is 28.9 Å². The molecule has 4 aromatic rings. The Balaban J connectivity index is 1.55. The van der Waals surface area contributed by atoms with E-state index < -0.39 is 0 Å². The molecule has 0 bridgehead atoms. The highest BCUT2D eigenvalue weighted by atomic mass is 16.5. The van der Waals surface area contributed by atoms with E-state index in [1.807, 2.05) is 0 Å². The second kappa shape index (κ2) is 10.5. The highest BCUT2D eigenvalue weighted by molar-refractivity contribution is 5.93. The standard InChI is InChI=1S/C26H23N3O6/c1-32-22-11-19(8-7-17(22)10-25(31)29-18-6-4-5-16(9-18)14-30)35-26-20-12-23(33-2)24(34-3)13-21(20)27-15-28-26/h4-9,11-15H,10H2,1-3H3,(H,29,31). The van der Waals surface area contributed by atoms with Crippen molar-refractivity contribution in [3.63, 3.8) is 0 Å². The zero-order valence-corrected chi connectivity index (χ0v) is 19.4. The van der Waals surface area contributed by atoms with Gasteiger partial charge in [0.05, 0.1) is 38.7 Å². The Kier molecular flexibility index (Phi) is 7.06. The van der Waals surface area contributed by atoms with Crippen LogP contribution < -0.4 is 24.3 Å². The molecule has 9 nitrogen and oxygen atoms in total. The lowest BCUT2D eigenvalue weighted by atomic mass is 10.1. The van der Waals surface area contributed by atoms with E-state index in [9.17, 15) is 9.59 Å². The van der Waals surface area contributed by atoms with Gasteiger partial charge in [0.15, 0.2) is 11.5 Å². The van der Waals surface area contributed by atoms with Gasteiger partial charge in [-0.05, 0) is 24.3 Å². The van der Waals surface area contributed by atoms with Crippen LogP contribution in [-0.4, -0.2) is 43.5 Å². The molecule has 0 aliphatic carbocycles. The topological polar surface area (TPSA) is 109 Å². The van der Waals surface area contributed by atoms with Crippen molar-refractivity contribution in [2.45, 2.75) is 6.42 Å². The molecule has 0 atom stereocenters. The number of nitrogens with one attached hydrogen (secondary N) is 1. The average Bonchev–Trinajstić information content (AvgIpc) is 2.88. The molecule has 1 N–H and O–H groups in total. The average molecular weight is 473 g/mol. The number of ether oxygens (including phenoxy) is 4. The molecule has 1 aromatic heterocycles. The first-order valence-corrected chi connectivity index (χ1v) is 10.6. The Hall–Kier alpha value is -4.66. The molecule has 0 aliphatic heterocycles. The summed E-state index contributed by atoms with van der Waals surface area (Å²) in [6.45, 7) is 0. The molecule has 0 spiro atoms. The Labute approximate surface area is 201 Å². The van der Waals surface area contributed by atoms with Gasteiger partial charge in [0.25, 0.3) is 0 Å². The number of anilines is 1. The Morgan fingerprint density at radius 1 is 0.914 bits per heavy atom. The predicted molar refractivity (Wildman–Crippen MR) is 130 cm³/mol. The van der Waals surface area contributed by atoms with Gasteiger partial charge >= 0.3 is 0 Å². The van der Waals surface area contributed by atoms with Gasteiger partial charge in [0, 0.05) is 28.9 Å². The van der Waals surface area contributed by atoms with Crippen LogP contribution in [0, 0.1) is 0 Å². The minimum Gasteiger partial charge on any atom is -0.496 e. The highest BCUT2D eigenvalue weighted by Crippen LogP contribution is 2.36. The van der Waals surface area contributed by atoms with Gasteiger partial charge in [-0.25, -0.2) is 9.97 Å². The first-order chi connectivity index (χ1) is 17.0. The molecular formula is C26H23N3O6. The molecule has 178 valence electrons. The van der Waals surface area contributed by atoms with Crippen molar-refractivity contribution < 1.29 is 28.5 Å². The van der Waals surface area contributed by atoms with E-state index >= 15 is 0 Å². The van der Waals surface area contributed by atoms with Gasteiger partial charge in [-0.15, -0.1) is 0 Å². The van der Waals surface area contributed by atoms with Crippen LogP contribution in [-0.2, 0) is 11.2 Å². The molecule has 9 heteroatoms. The lowest BCUT2D eigenvalue weighted by Gasteiger charge is -2.13. The Bertz CT molecular complexity index is 1390. The number of rotatable bonds is 9. The lowest BCUT2D eigenvalue weighted by Crippen LogP contribution is -2.15. The summed E-state index contributed by atoms with van der Waals surface area (Å²) in [7, 11) is 4.62. The van der Waals surface area contributed by atoms with Crippen LogP contribution in [0.5, 0.6) is 28.9 Å². The molecule has 0 aliphatic rings. The van der Waals surface area contributed by atoms with Crippen molar-refractivity contribution >= 4 is 28.8 Å². The molecule has 4 rings (SSSR count). The molecule has 3 aromatic carbocycles. The Morgan fingerprint density at radius 2 is 1.69 bits per heavy atom. The number of nitrogens with zero attached hydrogens (tertiary/aromatic N) is 2. The fourth-order valence-electron chi connectivity index (χ4n) is 3.55. The molecule has 35 heavy (non-hydrogen) atoms. The van der Waals surface area contributed by atoms with Crippen molar-refractivity contribution in [1.29, 1.82) is 0 Å². The summed E-state index contributed by atoms with van der Waals surface area (Å²) in [4.78, 5) is 32.1. The maximum absolute atomic E-state index is 12.6. The molecular weight excluding hydrogens is 450 g/mol. The molecule has 0 saturated heterocycles. The summed E-state index contributed by atoms with van der Waals surface area (Å²) < 4.78 is 22.2. The third-order valence-corrected chi connectivity index (χ3v) is 5.23. The van der Waals surface area contributed by atoms with Crippen LogP contribution in [0.25, 0.3) is 10.9 Å². The number of methoxy groups -OCH3 is 3. The summed E-state index contributed by atoms with van der Waals surface area (Å²) in [5, 5.41) is 3.43. The zero-order chi connectivity index (χ0) is 24.8. The molecule has 0 radical (unpaired) electrons. The number of fused-ring (bicyclic) bond motifs is 1. The number of carbonyl (C=O) groups is 2. The number of carbonyl (C=O) groups excluding carboxylic acids is 2. The first kappa shape index (κ1) is 23.5. The van der Waals surface area contributed by atoms with E-state index in [2.05, 4.69) is 15.3 Å². The lowest BCUT2D eigenvalue weighted by molar-refractivity contribution is -0.115.